The van der Waals surface area contributed by atoms with Gasteiger partial charge in [-0.1, -0.05) is 60.7 Å². The number of hydrogen-bond acceptors (Lipinski definition) is 4. The highest BCUT2D eigenvalue weighted by Gasteiger charge is 2.21. The Balaban J connectivity index is 1.54. The first-order valence-electron chi connectivity index (χ1n) is 10.4. The van der Waals surface area contributed by atoms with Gasteiger partial charge in [-0.2, -0.15) is 0 Å². The lowest BCUT2D eigenvalue weighted by Gasteiger charge is -2.11. The van der Waals surface area contributed by atoms with E-state index in [1.54, 1.807) is 0 Å². The van der Waals surface area contributed by atoms with E-state index in [-0.39, 0.29) is 18.3 Å². The van der Waals surface area contributed by atoms with E-state index in [0.29, 0.717) is 25.3 Å². The fraction of sp³-hybridized carbons (Fsp3) is 0.192. The highest BCUT2D eigenvalue weighted by Crippen LogP contribution is 2.27. The van der Waals surface area contributed by atoms with E-state index >= 15 is 0 Å². The lowest BCUT2D eigenvalue weighted by atomic mass is 10.1. The summed E-state index contributed by atoms with van der Waals surface area (Å²) in [5.41, 5.74) is 3.47. The van der Waals surface area contributed by atoms with Gasteiger partial charge in [0.05, 0.1) is 6.61 Å². The Hall–Kier alpha value is -3.57. The van der Waals surface area contributed by atoms with Crippen molar-refractivity contribution in [1.82, 2.24) is 5.32 Å². The number of furan rings is 1. The summed E-state index contributed by atoms with van der Waals surface area (Å²) in [5.74, 6) is 0.748. The molecule has 4 rings (SSSR count). The van der Waals surface area contributed by atoms with Gasteiger partial charge in [0.1, 0.15) is 17.9 Å². The minimum absolute atomic E-state index is 0.241. The number of rotatable bonds is 9. The molecule has 0 spiro atoms. The molecule has 5 heteroatoms. The van der Waals surface area contributed by atoms with Crippen LogP contribution in [0.3, 0.4) is 0 Å². The molecular formula is C26H25NO4. The Morgan fingerprint density at radius 1 is 0.871 bits per heavy atom. The molecule has 0 unspecified atom stereocenters. The highest BCUT2D eigenvalue weighted by atomic mass is 16.5. The maximum absolute atomic E-state index is 13.1. The van der Waals surface area contributed by atoms with Gasteiger partial charge >= 0.3 is 0 Å². The number of carbonyl (C=O) groups is 1. The van der Waals surface area contributed by atoms with Crippen molar-refractivity contribution in [3.63, 3.8) is 0 Å². The predicted molar refractivity (Wildman–Crippen MR) is 120 cm³/mol. The Morgan fingerprint density at radius 3 is 2.39 bits per heavy atom. The summed E-state index contributed by atoms with van der Waals surface area (Å²) >= 11 is 0. The van der Waals surface area contributed by atoms with Gasteiger partial charge in [0.15, 0.2) is 5.76 Å². The van der Waals surface area contributed by atoms with E-state index in [2.05, 4.69) is 5.32 Å². The molecule has 0 aliphatic carbocycles. The molecule has 0 saturated heterocycles. The van der Waals surface area contributed by atoms with Crippen LogP contribution in [0.15, 0.2) is 83.3 Å². The van der Waals surface area contributed by atoms with Gasteiger partial charge in [0, 0.05) is 24.1 Å². The van der Waals surface area contributed by atoms with Crippen LogP contribution < -0.4 is 10.1 Å². The summed E-state index contributed by atoms with van der Waals surface area (Å²) in [6, 6.07) is 25.1. The second-order valence-corrected chi connectivity index (χ2v) is 7.10. The smallest absolute Gasteiger partial charge is 0.287 e. The van der Waals surface area contributed by atoms with E-state index in [0.717, 1.165) is 27.8 Å². The minimum atomic E-state index is -0.269. The SMILES string of the molecule is CCOCc1ccccc1CNC(=O)c1oc2ccccc2c1COc1ccccc1. The molecule has 0 radical (unpaired) electrons. The summed E-state index contributed by atoms with van der Waals surface area (Å²) in [7, 11) is 0. The molecule has 31 heavy (non-hydrogen) atoms. The summed E-state index contributed by atoms with van der Waals surface area (Å²) < 4.78 is 17.4. The molecule has 0 fully saturated rings. The maximum atomic E-state index is 13.1. The number of amides is 1. The average molecular weight is 415 g/mol. The largest absolute Gasteiger partial charge is 0.489 e. The number of carbonyl (C=O) groups excluding carboxylic acids is 1. The van der Waals surface area contributed by atoms with Crippen LogP contribution in [0.1, 0.15) is 34.2 Å². The van der Waals surface area contributed by atoms with Crippen molar-refractivity contribution in [3.8, 4) is 5.75 Å². The lowest BCUT2D eigenvalue weighted by Crippen LogP contribution is -2.24. The molecule has 4 aromatic rings. The zero-order valence-electron chi connectivity index (χ0n) is 17.5. The topological polar surface area (TPSA) is 60.7 Å². The lowest BCUT2D eigenvalue weighted by molar-refractivity contribution is 0.0921. The first-order chi connectivity index (χ1) is 15.3. The van der Waals surface area contributed by atoms with Crippen molar-refractivity contribution in [2.75, 3.05) is 6.61 Å². The van der Waals surface area contributed by atoms with E-state index in [1.807, 2.05) is 85.8 Å². The van der Waals surface area contributed by atoms with Crippen molar-refractivity contribution in [1.29, 1.82) is 0 Å². The fourth-order valence-electron chi connectivity index (χ4n) is 3.44. The van der Waals surface area contributed by atoms with Crippen molar-refractivity contribution in [3.05, 3.63) is 101 Å². The van der Waals surface area contributed by atoms with E-state index in [4.69, 9.17) is 13.9 Å². The van der Waals surface area contributed by atoms with Gasteiger partial charge in [0.25, 0.3) is 5.91 Å². The second-order valence-electron chi connectivity index (χ2n) is 7.10. The number of fused-ring (bicyclic) bond motifs is 1. The molecule has 1 heterocycles. The molecule has 0 saturated carbocycles. The number of para-hydroxylation sites is 2. The highest BCUT2D eigenvalue weighted by molar-refractivity contribution is 5.99. The maximum Gasteiger partial charge on any atom is 0.287 e. The molecule has 0 aliphatic rings. The van der Waals surface area contributed by atoms with Crippen LogP contribution in [0.5, 0.6) is 5.75 Å². The predicted octanol–water partition coefficient (Wildman–Crippen LogP) is 5.48. The van der Waals surface area contributed by atoms with Crippen molar-refractivity contribution in [2.45, 2.75) is 26.7 Å². The first kappa shape index (κ1) is 20.7. The third-order valence-corrected chi connectivity index (χ3v) is 5.05. The van der Waals surface area contributed by atoms with E-state index in [1.165, 1.54) is 0 Å². The number of ether oxygens (including phenoxy) is 2. The monoisotopic (exact) mass is 415 g/mol. The average Bonchev–Trinajstić information content (AvgIpc) is 3.20. The van der Waals surface area contributed by atoms with Crippen LogP contribution in [-0.2, 0) is 24.5 Å². The summed E-state index contributed by atoms with van der Waals surface area (Å²) in [4.78, 5) is 13.1. The van der Waals surface area contributed by atoms with Crippen LogP contribution >= 0.6 is 0 Å². The molecule has 3 aromatic carbocycles. The van der Waals surface area contributed by atoms with Crippen LogP contribution in [0, 0.1) is 0 Å². The van der Waals surface area contributed by atoms with Gasteiger partial charge in [-0.25, -0.2) is 0 Å². The molecule has 0 atom stereocenters. The fourth-order valence-corrected chi connectivity index (χ4v) is 3.44. The quantitative estimate of drug-likeness (QED) is 0.393. The molecule has 5 nitrogen and oxygen atoms in total. The molecule has 1 N–H and O–H groups in total. The Morgan fingerprint density at radius 2 is 1.58 bits per heavy atom. The Labute approximate surface area is 181 Å². The molecular weight excluding hydrogens is 390 g/mol. The van der Waals surface area contributed by atoms with Crippen molar-refractivity contribution >= 4 is 16.9 Å². The summed E-state index contributed by atoms with van der Waals surface area (Å²) in [5, 5.41) is 3.86. The van der Waals surface area contributed by atoms with Gasteiger partial charge in [-0.3, -0.25) is 4.79 Å². The molecule has 1 amide bonds. The Bertz CT molecular complexity index is 1150. The van der Waals surface area contributed by atoms with Crippen LogP contribution in [0.4, 0.5) is 0 Å². The second kappa shape index (κ2) is 9.96. The van der Waals surface area contributed by atoms with Crippen LogP contribution in [0.2, 0.25) is 0 Å². The summed E-state index contributed by atoms with van der Waals surface area (Å²) in [6.07, 6.45) is 0. The van der Waals surface area contributed by atoms with E-state index in [9.17, 15) is 4.79 Å². The standard InChI is InChI=1S/C26H25NO4/c1-2-29-17-20-11-7-6-10-19(20)16-27-26(28)25-23(18-30-21-12-4-3-5-13-21)22-14-8-9-15-24(22)31-25/h3-15H,2,16-18H2,1H3,(H,27,28). The number of nitrogens with one attached hydrogen (secondary N) is 1. The van der Waals surface area contributed by atoms with Crippen LogP contribution in [-0.4, -0.2) is 12.5 Å². The van der Waals surface area contributed by atoms with Gasteiger partial charge in [0.2, 0.25) is 0 Å². The summed E-state index contributed by atoms with van der Waals surface area (Å²) in [6.45, 7) is 3.75. The van der Waals surface area contributed by atoms with Gasteiger partial charge < -0.3 is 19.2 Å². The third kappa shape index (κ3) is 4.95. The normalized spacial score (nSPS) is 10.9. The molecule has 1 aromatic heterocycles. The molecule has 0 bridgehead atoms. The van der Waals surface area contributed by atoms with Gasteiger partial charge in [-0.15, -0.1) is 0 Å². The number of benzene rings is 3. The van der Waals surface area contributed by atoms with Crippen LogP contribution in [0.25, 0.3) is 11.0 Å². The zero-order chi connectivity index (χ0) is 21.5. The molecule has 0 aliphatic heterocycles. The van der Waals surface area contributed by atoms with Gasteiger partial charge in [-0.05, 0) is 36.2 Å². The third-order valence-electron chi connectivity index (χ3n) is 5.05. The molecule has 158 valence electrons. The number of hydrogen-bond donors (Lipinski definition) is 1. The Kier molecular flexibility index (Phi) is 6.65. The van der Waals surface area contributed by atoms with Crippen molar-refractivity contribution in [2.24, 2.45) is 0 Å². The minimum Gasteiger partial charge on any atom is -0.489 e. The zero-order valence-corrected chi connectivity index (χ0v) is 17.5. The van der Waals surface area contributed by atoms with Crippen molar-refractivity contribution < 1.29 is 18.7 Å². The first-order valence-corrected chi connectivity index (χ1v) is 10.4. The van der Waals surface area contributed by atoms with E-state index < -0.39 is 0 Å².